The number of aliphatic carboxylic acids is 1. The molecule has 96 valence electrons. The molecule has 0 saturated carbocycles. The Morgan fingerprint density at radius 1 is 1.39 bits per heavy atom. The molecule has 2 rings (SSSR count). The van der Waals surface area contributed by atoms with Crippen LogP contribution in [0.2, 0.25) is 0 Å². The molecule has 5 heteroatoms. The van der Waals surface area contributed by atoms with E-state index in [4.69, 9.17) is 5.11 Å². The monoisotopic (exact) mass is 266 g/mol. The van der Waals surface area contributed by atoms with Crippen molar-refractivity contribution in [2.24, 2.45) is 5.92 Å². The van der Waals surface area contributed by atoms with Gasteiger partial charge in [-0.2, -0.15) is 0 Å². The van der Waals surface area contributed by atoms with Gasteiger partial charge in [0.2, 0.25) is 9.84 Å². The fraction of sp³-hybridized carbons (Fsp3) is 0.308. The van der Waals surface area contributed by atoms with Crippen molar-refractivity contribution < 1.29 is 18.3 Å². The second-order valence-corrected chi connectivity index (χ2v) is 6.51. The maximum absolute atomic E-state index is 12.3. The molecule has 0 spiro atoms. The molecule has 1 atom stereocenters. The van der Waals surface area contributed by atoms with Crippen LogP contribution in [0.5, 0.6) is 0 Å². The van der Waals surface area contributed by atoms with Crippen molar-refractivity contribution >= 4 is 21.9 Å². The fourth-order valence-electron chi connectivity index (χ4n) is 2.15. The molecule has 0 saturated heterocycles. The summed E-state index contributed by atoms with van der Waals surface area (Å²) in [6.45, 7) is 3.51. The van der Waals surface area contributed by atoms with Gasteiger partial charge in [0.25, 0.3) is 0 Å². The lowest BCUT2D eigenvalue weighted by molar-refractivity contribution is -0.137. The van der Waals surface area contributed by atoms with Gasteiger partial charge in [0.1, 0.15) is 0 Å². The van der Waals surface area contributed by atoms with E-state index in [0.717, 1.165) is 5.56 Å². The molecule has 0 aliphatic carbocycles. The number of carboxylic acids is 1. The third-order valence-corrected chi connectivity index (χ3v) is 5.12. The molecule has 0 aromatic heterocycles. The molecule has 1 aromatic carbocycles. The minimum Gasteiger partial charge on any atom is -0.481 e. The van der Waals surface area contributed by atoms with E-state index in [1.54, 1.807) is 31.2 Å². The number of carboxylic acid groups (broad SMARTS) is 1. The molecule has 18 heavy (non-hydrogen) atoms. The van der Waals surface area contributed by atoms with Crippen molar-refractivity contribution in [2.45, 2.75) is 25.2 Å². The SMILES string of the molecule is Cc1ccc2c(c1)C=C(C(C)CC(=O)O)S2(=O)=O. The lowest BCUT2D eigenvalue weighted by Crippen LogP contribution is -2.12. The van der Waals surface area contributed by atoms with E-state index >= 15 is 0 Å². The van der Waals surface area contributed by atoms with Crippen LogP contribution >= 0.6 is 0 Å². The van der Waals surface area contributed by atoms with Crippen LogP contribution in [0.4, 0.5) is 0 Å². The van der Waals surface area contributed by atoms with Gasteiger partial charge >= 0.3 is 5.97 Å². The first-order chi connectivity index (χ1) is 8.32. The van der Waals surface area contributed by atoms with Crippen LogP contribution in [0.25, 0.3) is 6.08 Å². The van der Waals surface area contributed by atoms with E-state index in [9.17, 15) is 13.2 Å². The molecular formula is C13H14O4S. The van der Waals surface area contributed by atoms with Crippen LogP contribution in [0.3, 0.4) is 0 Å². The maximum Gasteiger partial charge on any atom is 0.303 e. The van der Waals surface area contributed by atoms with Gasteiger partial charge < -0.3 is 5.11 Å². The molecule has 1 aliphatic rings. The van der Waals surface area contributed by atoms with Gasteiger partial charge in [-0.15, -0.1) is 0 Å². The van der Waals surface area contributed by atoms with Crippen molar-refractivity contribution in [1.29, 1.82) is 0 Å². The topological polar surface area (TPSA) is 71.4 Å². The summed E-state index contributed by atoms with van der Waals surface area (Å²) in [7, 11) is -3.51. The largest absolute Gasteiger partial charge is 0.481 e. The molecule has 0 bridgehead atoms. The van der Waals surface area contributed by atoms with E-state index in [-0.39, 0.29) is 16.2 Å². The number of aryl methyl sites for hydroxylation is 1. The van der Waals surface area contributed by atoms with Crippen LogP contribution in [-0.4, -0.2) is 19.5 Å². The predicted octanol–water partition coefficient (Wildman–Crippen LogP) is 2.23. The standard InChI is InChI=1S/C13H14O4S/c1-8-3-4-11-10(5-8)7-12(18(11,16)17)9(2)6-13(14)15/h3-5,7,9H,6H2,1-2H3,(H,14,15). The van der Waals surface area contributed by atoms with Gasteiger partial charge in [-0.1, -0.05) is 24.6 Å². The maximum atomic E-state index is 12.3. The van der Waals surface area contributed by atoms with E-state index < -0.39 is 21.7 Å². The molecule has 1 aliphatic heterocycles. The van der Waals surface area contributed by atoms with Crippen molar-refractivity contribution in [2.75, 3.05) is 0 Å². The molecular weight excluding hydrogens is 252 g/mol. The minimum absolute atomic E-state index is 0.183. The molecule has 4 nitrogen and oxygen atoms in total. The molecule has 0 fully saturated rings. The Balaban J connectivity index is 2.48. The molecule has 1 unspecified atom stereocenters. The zero-order valence-electron chi connectivity index (χ0n) is 10.2. The highest BCUT2D eigenvalue weighted by molar-refractivity contribution is 7.95. The molecule has 1 N–H and O–H groups in total. The van der Waals surface area contributed by atoms with Gasteiger partial charge in [-0.25, -0.2) is 8.42 Å². The van der Waals surface area contributed by atoms with E-state index in [1.807, 2.05) is 6.92 Å². The van der Waals surface area contributed by atoms with Crippen LogP contribution in [0, 0.1) is 12.8 Å². The van der Waals surface area contributed by atoms with Crippen LogP contribution < -0.4 is 0 Å². The molecule has 0 amide bonds. The Kier molecular flexibility index (Phi) is 3.02. The van der Waals surface area contributed by atoms with Gasteiger partial charge in [0, 0.05) is 5.92 Å². The number of benzene rings is 1. The Hall–Kier alpha value is -1.62. The van der Waals surface area contributed by atoms with Crippen molar-refractivity contribution in [1.82, 2.24) is 0 Å². The summed E-state index contributed by atoms with van der Waals surface area (Å²) in [5.41, 5.74) is 1.63. The third-order valence-electron chi connectivity index (χ3n) is 3.03. The molecule has 1 heterocycles. The van der Waals surface area contributed by atoms with E-state index in [2.05, 4.69) is 0 Å². The van der Waals surface area contributed by atoms with Crippen molar-refractivity contribution in [3.8, 4) is 0 Å². The zero-order chi connectivity index (χ0) is 13.5. The summed E-state index contributed by atoms with van der Waals surface area (Å²) < 4.78 is 24.5. The first kappa shape index (κ1) is 12.8. The lowest BCUT2D eigenvalue weighted by atomic mass is 10.1. The predicted molar refractivity (Wildman–Crippen MR) is 67.8 cm³/mol. The van der Waals surface area contributed by atoms with Crippen LogP contribution in [0.15, 0.2) is 28.0 Å². The molecule has 0 radical (unpaired) electrons. The second kappa shape index (κ2) is 4.24. The number of sulfone groups is 1. The fourth-order valence-corrected chi connectivity index (χ4v) is 3.98. The summed E-state index contributed by atoms with van der Waals surface area (Å²) in [6, 6.07) is 5.12. The van der Waals surface area contributed by atoms with E-state index in [0.29, 0.717) is 5.56 Å². The summed E-state index contributed by atoms with van der Waals surface area (Å²) in [5, 5.41) is 8.75. The minimum atomic E-state index is -3.51. The van der Waals surface area contributed by atoms with Gasteiger partial charge in [0.15, 0.2) is 0 Å². The average Bonchev–Trinajstić information content (AvgIpc) is 2.49. The number of carbonyl (C=O) groups is 1. The van der Waals surface area contributed by atoms with E-state index in [1.165, 1.54) is 0 Å². The Morgan fingerprint density at radius 2 is 2.06 bits per heavy atom. The van der Waals surface area contributed by atoms with Crippen molar-refractivity contribution in [3.63, 3.8) is 0 Å². The highest BCUT2D eigenvalue weighted by Crippen LogP contribution is 2.37. The zero-order valence-corrected chi connectivity index (χ0v) is 11.0. The summed E-state index contributed by atoms with van der Waals surface area (Å²) in [6.07, 6.45) is 1.41. The quantitative estimate of drug-likeness (QED) is 0.910. The Bertz CT molecular complexity index is 641. The third kappa shape index (κ3) is 2.06. The number of allylic oxidation sites excluding steroid dienone is 1. The molecule has 1 aromatic rings. The number of hydrogen-bond donors (Lipinski definition) is 1. The van der Waals surface area contributed by atoms with Gasteiger partial charge in [0.05, 0.1) is 16.2 Å². The Labute approximate surface area is 106 Å². The summed E-state index contributed by atoms with van der Waals surface area (Å²) in [4.78, 5) is 11.2. The van der Waals surface area contributed by atoms with Crippen molar-refractivity contribution in [3.05, 3.63) is 34.2 Å². The first-order valence-corrected chi connectivity index (χ1v) is 7.10. The first-order valence-electron chi connectivity index (χ1n) is 5.61. The van der Waals surface area contributed by atoms with Crippen LogP contribution in [0.1, 0.15) is 24.5 Å². The Morgan fingerprint density at radius 3 is 2.67 bits per heavy atom. The number of hydrogen-bond acceptors (Lipinski definition) is 3. The highest BCUT2D eigenvalue weighted by atomic mass is 32.2. The van der Waals surface area contributed by atoms with Gasteiger partial charge in [-0.3, -0.25) is 4.79 Å². The van der Waals surface area contributed by atoms with Crippen LogP contribution in [-0.2, 0) is 14.6 Å². The smallest absolute Gasteiger partial charge is 0.303 e. The normalized spacial score (nSPS) is 18.0. The van der Waals surface area contributed by atoms with Gasteiger partial charge in [-0.05, 0) is 24.6 Å². The summed E-state index contributed by atoms with van der Waals surface area (Å²) in [5.74, 6) is -1.51. The number of rotatable bonds is 3. The second-order valence-electron chi connectivity index (χ2n) is 4.59. The number of fused-ring (bicyclic) bond motifs is 1. The summed E-state index contributed by atoms with van der Waals surface area (Å²) >= 11 is 0. The lowest BCUT2D eigenvalue weighted by Gasteiger charge is -2.10. The highest BCUT2D eigenvalue weighted by Gasteiger charge is 2.33. The average molecular weight is 266 g/mol.